The van der Waals surface area contributed by atoms with Crippen LogP contribution in [0.4, 0.5) is 0 Å². The molecule has 0 spiro atoms. The molecule has 0 heterocycles. The maximum atomic E-state index is 10.1. The van der Waals surface area contributed by atoms with Crippen LogP contribution in [0.2, 0.25) is 0 Å². The molecule has 0 bridgehead atoms. The number of hydrogen-bond donors (Lipinski definition) is 1. The summed E-state index contributed by atoms with van der Waals surface area (Å²) in [6, 6.07) is 7.46. The zero-order chi connectivity index (χ0) is 6.69. The zero-order valence-corrected chi connectivity index (χ0v) is 6.00. The molecule has 10 heavy (non-hydrogen) atoms. The van der Waals surface area contributed by atoms with Gasteiger partial charge in [0.1, 0.15) is 6.29 Å². The number of aldehydes is 1. The average molecular weight is 137 g/mol. The molecule has 0 saturated heterocycles. The maximum absolute atomic E-state index is 10.1. The van der Waals surface area contributed by atoms with Gasteiger partial charge in [0.05, 0.1) is 0 Å². The largest absolute Gasteiger partial charge is 0.344 e. The normalized spacial score (nSPS) is 8.10. The van der Waals surface area contributed by atoms with Crippen LogP contribution in [0.5, 0.6) is 0 Å². The van der Waals surface area contributed by atoms with Crippen LogP contribution in [-0.4, -0.2) is 6.29 Å². The van der Waals surface area contributed by atoms with Gasteiger partial charge >= 0.3 is 0 Å². The van der Waals surface area contributed by atoms with E-state index in [1.54, 1.807) is 0 Å². The van der Waals surface area contributed by atoms with E-state index < -0.39 is 0 Å². The SMILES string of the molecule is Cc1ccc(C=O)cc1.N. The van der Waals surface area contributed by atoms with Crippen LogP contribution >= 0.6 is 0 Å². The minimum Gasteiger partial charge on any atom is -0.344 e. The van der Waals surface area contributed by atoms with Crippen molar-refractivity contribution < 1.29 is 4.79 Å². The molecule has 54 valence electrons. The standard InChI is InChI=1S/C8H8O.H3N/c1-7-2-4-8(6-9)5-3-7;/h2-6H,1H3;1H3. The first-order valence-corrected chi connectivity index (χ1v) is 2.85. The monoisotopic (exact) mass is 137 g/mol. The predicted molar refractivity (Wildman–Crippen MR) is 41.6 cm³/mol. The Bertz CT molecular complexity index is 203. The molecule has 0 aromatic heterocycles. The molecule has 1 aromatic carbocycles. The van der Waals surface area contributed by atoms with Crippen molar-refractivity contribution in [2.75, 3.05) is 0 Å². The Morgan fingerprint density at radius 3 is 2.10 bits per heavy atom. The fourth-order valence-corrected chi connectivity index (χ4v) is 0.645. The van der Waals surface area contributed by atoms with Crippen molar-refractivity contribution >= 4 is 6.29 Å². The van der Waals surface area contributed by atoms with E-state index in [0.29, 0.717) is 0 Å². The molecule has 0 aliphatic heterocycles. The highest BCUT2D eigenvalue weighted by Crippen LogP contribution is 1.98. The Kier molecular flexibility index (Phi) is 3.36. The van der Waals surface area contributed by atoms with Crippen molar-refractivity contribution in [2.24, 2.45) is 0 Å². The highest BCUT2D eigenvalue weighted by atomic mass is 16.1. The minimum atomic E-state index is 0. The third kappa shape index (κ3) is 1.99. The number of benzene rings is 1. The summed E-state index contributed by atoms with van der Waals surface area (Å²) in [5, 5.41) is 0. The topological polar surface area (TPSA) is 52.1 Å². The average Bonchev–Trinajstić information content (AvgIpc) is 1.90. The van der Waals surface area contributed by atoms with E-state index in [0.717, 1.165) is 11.8 Å². The van der Waals surface area contributed by atoms with Crippen molar-refractivity contribution in [2.45, 2.75) is 6.92 Å². The van der Waals surface area contributed by atoms with Crippen molar-refractivity contribution in [1.82, 2.24) is 6.15 Å². The summed E-state index contributed by atoms with van der Waals surface area (Å²) in [6.07, 6.45) is 0.847. The van der Waals surface area contributed by atoms with E-state index in [1.165, 1.54) is 5.56 Å². The van der Waals surface area contributed by atoms with Gasteiger partial charge < -0.3 is 6.15 Å². The number of rotatable bonds is 1. The van der Waals surface area contributed by atoms with Gasteiger partial charge in [0.25, 0.3) is 0 Å². The Morgan fingerprint density at radius 2 is 1.70 bits per heavy atom. The van der Waals surface area contributed by atoms with E-state index in [-0.39, 0.29) is 6.15 Å². The van der Waals surface area contributed by atoms with Gasteiger partial charge in [0, 0.05) is 5.56 Å². The second kappa shape index (κ2) is 3.80. The summed E-state index contributed by atoms with van der Waals surface area (Å²) < 4.78 is 0. The van der Waals surface area contributed by atoms with Crippen LogP contribution in [0.3, 0.4) is 0 Å². The quantitative estimate of drug-likeness (QED) is 0.601. The Hall–Kier alpha value is -1.15. The molecule has 0 unspecified atom stereocenters. The van der Waals surface area contributed by atoms with E-state index in [4.69, 9.17) is 0 Å². The number of hydrogen-bond acceptors (Lipinski definition) is 2. The molecule has 0 aliphatic carbocycles. The zero-order valence-electron chi connectivity index (χ0n) is 6.00. The molecule has 2 nitrogen and oxygen atoms in total. The molecule has 1 aromatic rings. The first-order valence-electron chi connectivity index (χ1n) is 2.85. The molecule has 0 aliphatic rings. The summed E-state index contributed by atoms with van der Waals surface area (Å²) in [5.74, 6) is 0. The van der Waals surface area contributed by atoms with Crippen LogP contribution in [0.1, 0.15) is 15.9 Å². The number of carbonyl (C=O) groups is 1. The van der Waals surface area contributed by atoms with Gasteiger partial charge in [-0.05, 0) is 6.92 Å². The Morgan fingerprint density at radius 1 is 1.20 bits per heavy atom. The van der Waals surface area contributed by atoms with Gasteiger partial charge in [-0.15, -0.1) is 0 Å². The molecule has 0 saturated carbocycles. The summed E-state index contributed by atoms with van der Waals surface area (Å²) in [7, 11) is 0. The van der Waals surface area contributed by atoms with Gasteiger partial charge in [0.2, 0.25) is 0 Å². The third-order valence-corrected chi connectivity index (χ3v) is 1.21. The molecule has 2 heteroatoms. The highest BCUT2D eigenvalue weighted by Gasteiger charge is 1.85. The van der Waals surface area contributed by atoms with Crippen molar-refractivity contribution in [1.29, 1.82) is 0 Å². The van der Waals surface area contributed by atoms with Crippen LogP contribution in [0.15, 0.2) is 24.3 Å². The summed E-state index contributed by atoms with van der Waals surface area (Å²) in [6.45, 7) is 1.99. The molecule has 0 atom stereocenters. The van der Waals surface area contributed by atoms with Crippen LogP contribution in [0.25, 0.3) is 0 Å². The van der Waals surface area contributed by atoms with Gasteiger partial charge in [0.15, 0.2) is 0 Å². The highest BCUT2D eigenvalue weighted by molar-refractivity contribution is 5.74. The van der Waals surface area contributed by atoms with Gasteiger partial charge in [-0.2, -0.15) is 0 Å². The lowest BCUT2D eigenvalue weighted by Crippen LogP contribution is -1.77. The Balaban J connectivity index is 0.000000810. The van der Waals surface area contributed by atoms with E-state index in [9.17, 15) is 4.79 Å². The lowest BCUT2D eigenvalue weighted by atomic mass is 10.2. The van der Waals surface area contributed by atoms with Gasteiger partial charge in [-0.3, -0.25) is 4.79 Å². The smallest absolute Gasteiger partial charge is 0.150 e. The van der Waals surface area contributed by atoms with E-state index in [2.05, 4.69) is 0 Å². The second-order valence-corrected chi connectivity index (χ2v) is 2.03. The van der Waals surface area contributed by atoms with Crippen molar-refractivity contribution in [3.05, 3.63) is 35.4 Å². The number of aryl methyl sites for hydroxylation is 1. The van der Waals surface area contributed by atoms with E-state index in [1.807, 2.05) is 31.2 Å². The summed E-state index contributed by atoms with van der Waals surface area (Å²) in [4.78, 5) is 10.1. The van der Waals surface area contributed by atoms with E-state index >= 15 is 0 Å². The Labute approximate surface area is 60.5 Å². The molecule has 3 N–H and O–H groups in total. The molecular weight excluding hydrogens is 126 g/mol. The minimum absolute atomic E-state index is 0. The lowest BCUT2D eigenvalue weighted by Gasteiger charge is -1.89. The fraction of sp³-hybridized carbons (Fsp3) is 0.125. The number of carbonyl (C=O) groups excluding carboxylic acids is 1. The van der Waals surface area contributed by atoms with Gasteiger partial charge in [-0.1, -0.05) is 29.8 Å². The maximum Gasteiger partial charge on any atom is 0.150 e. The first kappa shape index (κ1) is 8.85. The second-order valence-electron chi connectivity index (χ2n) is 2.03. The van der Waals surface area contributed by atoms with Crippen LogP contribution in [-0.2, 0) is 0 Å². The van der Waals surface area contributed by atoms with Crippen LogP contribution < -0.4 is 6.15 Å². The van der Waals surface area contributed by atoms with Crippen molar-refractivity contribution in [3.8, 4) is 0 Å². The lowest BCUT2D eigenvalue weighted by molar-refractivity contribution is 0.112. The molecule has 1 rings (SSSR count). The molecular formula is C8H11NO. The van der Waals surface area contributed by atoms with Crippen LogP contribution in [0, 0.1) is 6.92 Å². The van der Waals surface area contributed by atoms with Crippen molar-refractivity contribution in [3.63, 3.8) is 0 Å². The first-order chi connectivity index (χ1) is 4.33. The third-order valence-electron chi connectivity index (χ3n) is 1.21. The fourth-order valence-electron chi connectivity index (χ4n) is 0.645. The molecule has 0 radical (unpaired) electrons. The summed E-state index contributed by atoms with van der Waals surface area (Å²) in [5.41, 5.74) is 1.92. The molecule has 0 fully saturated rings. The summed E-state index contributed by atoms with van der Waals surface area (Å²) >= 11 is 0. The van der Waals surface area contributed by atoms with Gasteiger partial charge in [-0.25, -0.2) is 0 Å². The predicted octanol–water partition coefficient (Wildman–Crippen LogP) is 1.97. The molecule has 0 amide bonds.